The Morgan fingerprint density at radius 2 is 1.69 bits per heavy atom. The zero-order chi connectivity index (χ0) is 18.9. The Morgan fingerprint density at radius 3 is 2.31 bits per heavy atom. The van der Waals surface area contributed by atoms with Crippen LogP contribution in [0.2, 0.25) is 0 Å². The normalized spacial score (nSPS) is 11.9. The van der Waals surface area contributed by atoms with Gasteiger partial charge in [0.25, 0.3) is 5.91 Å². The van der Waals surface area contributed by atoms with Gasteiger partial charge >= 0.3 is 0 Å². The molecular formula is C22H29NO3. The molecule has 4 heteroatoms. The molecule has 1 atom stereocenters. The van der Waals surface area contributed by atoms with Gasteiger partial charge in [-0.05, 0) is 62.1 Å². The van der Waals surface area contributed by atoms with Gasteiger partial charge in [-0.2, -0.15) is 0 Å². The minimum absolute atomic E-state index is 0.109. The maximum absolute atomic E-state index is 12.5. The zero-order valence-electron chi connectivity index (χ0n) is 16.1. The molecule has 140 valence electrons. The van der Waals surface area contributed by atoms with Crippen molar-refractivity contribution in [2.24, 2.45) is 0 Å². The van der Waals surface area contributed by atoms with Crippen LogP contribution in [0.5, 0.6) is 11.5 Å². The van der Waals surface area contributed by atoms with Crippen LogP contribution >= 0.6 is 0 Å². The maximum Gasteiger partial charge on any atom is 0.261 e. The van der Waals surface area contributed by atoms with Crippen LogP contribution in [0.25, 0.3) is 0 Å². The standard InChI is InChI=1S/C22H29NO3/c1-5-17-10-12-19(13-11-17)26-21(6-2)22(24)23-15-18-8-7-9-20(14-18)25-16(3)4/h7-14,16,21H,5-6,15H2,1-4H3,(H,23,24)/t21-/m1/s1. The van der Waals surface area contributed by atoms with Crippen LogP contribution in [0.4, 0.5) is 0 Å². The van der Waals surface area contributed by atoms with E-state index < -0.39 is 6.10 Å². The fraction of sp³-hybridized carbons (Fsp3) is 0.409. The van der Waals surface area contributed by atoms with Gasteiger partial charge in [0.2, 0.25) is 0 Å². The summed E-state index contributed by atoms with van der Waals surface area (Å²) < 4.78 is 11.5. The van der Waals surface area contributed by atoms with Gasteiger partial charge in [0, 0.05) is 6.54 Å². The number of rotatable bonds is 9. The lowest BCUT2D eigenvalue weighted by Crippen LogP contribution is -2.37. The monoisotopic (exact) mass is 355 g/mol. The van der Waals surface area contributed by atoms with Crippen LogP contribution in [0.15, 0.2) is 48.5 Å². The van der Waals surface area contributed by atoms with Crippen molar-refractivity contribution < 1.29 is 14.3 Å². The number of aryl methyl sites for hydroxylation is 1. The van der Waals surface area contributed by atoms with E-state index in [4.69, 9.17) is 9.47 Å². The molecule has 1 N–H and O–H groups in total. The van der Waals surface area contributed by atoms with Gasteiger partial charge in [-0.1, -0.05) is 38.1 Å². The molecule has 0 heterocycles. The van der Waals surface area contributed by atoms with Crippen LogP contribution in [-0.2, 0) is 17.8 Å². The Hall–Kier alpha value is -2.49. The molecule has 0 spiro atoms. The molecule has 0 unspecified atom stereocenters. The predicted molar refractivity (Wildman–Crippen MR) is 105 cm³/mol. The molecule has 0 bridgehead atoms. The van der Waals surface area contributed by atoms with Crippen molar-refractivity contribution in [3.8, 4) is 11.5 Å². The zero-order valence-corrected chi connectivity index (χ0v) is 16.1. The Morgan fingerprint density at radius 1 is 0.962 bits per heavy atom. The van der Waals surface area contributed by atoms with Crippen molar-refractivity contribution in [3.63, 3.8) is 0 Å². The van der Waals surface area contributed by atoms with Gasteiger partial charge in [0.05, 0.1) is 6.10 Å². The third-order valence-electron chi connectivity index (χ3n) is 4.01. The molecule has 4 nitrogen and oxygen atoms in total. The lowest BCUT2D eigenvalue weighted by atomic mass is 10.1. The van der Waals surface area contributed by atoms with Gasteiger partial charge in [0.15, 0.2) is 6.10 Å². The van der Waals surface area contributed by atoms with E-state index in [9.17, 15) is 4.79 Å². The fourth-order valence-corrected chi connectivity index (χ4v) is 2.59. The largest absolute Gasteiger partial charge is 0.491 e. The lowest BCUT2D eigenvalue weighted by molar-refractivity contribution is -0.128. The summed E-state index contributed by atoms with van der Waals surface area (Å²) >= 11 is 0. The number of carbonyl (C=O) groups excluding carboxylic acids is 1. The molecule has 0 aliphatic heterocycles. The molecule has 1 amide bonds. The summed E-state index contributed by atoms with van der Waals surface area (Å²) in [5.41, 5.74) is 2.25. The molecular weight excluding hydrogens is 326 g/mol. The number of hydrogen-bond acceptors (Lipinski definition) is 3. The summed E-state index contributed by atoms with van der Waals surface area (Å²) in [4.78, 5) is 12.5. The van der Waals surface area contributed by atoms with Crippen molar-refractivity contribution in [2.75, 3.05) is 0 Å². The van der Waals surface area contributed by atoms with Gasteiger partial charge in [-0.3, -0.25) is 4.79 Å². The highest BCUT2D eigenvalue weighted by Crippen LogP contribution is 2.17. The van der Waals surface area contributed by atoms with E-state index in [1.165, 1.54) is 5.56 Å². The van der Waals surface area contributed by atoms with E-state index in [2.05, 4.69) is 12.2 Å². The van der Waals surface area contributed by atoms with Crippen LogP contribution in [-0.4, -0.2) is 18.1 Å². The molecule has 0 saturated carbocycles. The molecule has 0 aliphatic rings. The van der Waals surface area contributed by atoms with E-state index >= 15 is 0 Å². The van der Waals surface area contributed by atoms with E-state index in [0.29, 0.717) is 13.0 Å². The summed E-state index contributed by atoms with van der Waals surface area (Å²) in [7, 11) is 0. The second-order valence-corrected chi connectivity index (χ2v) is 6.54. The highest BCUT2D eigenvalue weighted by Gasteiger charge is 2.18. The number of nitrogens with one attached hydrogen (secondary N) is 1. The average Bonchev–Trinajstić information content (AvgIpc) is 2.64. The van der Waals surface area contributed by atoms with E-state index in [0.717, 1.165) is 23.5 Å². The third kappa shape index (κ3) is 6.10. The minimum atomic E-state index is -0.502. The van der Waals surface area contributed by atoms with Crippen LogP contribution in [0.1, 0.15) is 45.2 Å². The number of ether oxygens (including phenoxy) is 2. The fourth-order valence-electron chi connectivity index (χ4n) is 2.59. The Labute approximate surface area is 156 Å². The summed E-state index contributed by atoms with van der Waals surface area (Å²) in [6, 6.07) is 15.7. The number of amides is 1. The Bertz CT molecular complexity index is 695. The maximum atomic E-state index is 12.5. The second kappa shape index (κ2) is 9.85. The minimum Gasteiger partial charge on any atom is -0.491 e. The molecule has 2 rings (SSSR count). The van der Waals surface area contributed by atoms with Crippen molar-refractivity contribution in [1.82, 2.24) is 5.32 Å². The molecule has 0 fully saturated rings. The third-order valence-corrected chi connectivity index (χ3v) is 4.01. The first-order valence-electron chi connectivity index (χ1n) is 9.30. The SMILES string of the molecule is CCc1ccc(O[C@H](CC)C(=O)NCc2cccc(OC(C)C)c2)cc1. The van der Waals surface area contributed by atoms with E-state index in [1.807, 2.05) is 69.3 Å². The average molecular weight is 355 g/mol. The van der Waals surface area contributed by atoms with Crippen LogP contribution in [0.3, 0.4) is 0 Å². The summed E-state index contributed by atoms with van der Waals surface area (Å²) in [5, 5.41) is 2.95. The van der Waals surface area contributed by atoms with Crippen molar-refractivity contribution >= 4 is 5.91 Å². The molecule has 0 aliphatic carbocycles. The van der Waals surface area contributed by atoms with Crippen molar-refractivity contribution in [3.05, 3.63) is 59.7 Å². The molecule has 2 aromatic carbocycles. The highest BCUT2D eigenvalue weighted by atomic mass is 16.5. The molecule has 2 aromatic rings. The van der Waals surface area contributed by atoms with Crippen LogP contribution in [0, 0.1) is 0 Å². The van der Waals surface area contributed by atoms with Crippen LogP contribution < -0.4 is 14.8 Å². The molecule has 0 saturated heterocycles. The first-order chi connectivity index (χ1) is 12.5. The highest BCUT2D eigenvalue weighted by molar-refractivity contribution is 5.81. The number of carbonyl (C=O) groups is 1. The Kier molecular flexibility index (Phi) is 7.52. The topological polar surface area (TPSA) is 47.6 Å². The Balaban J connectivity index is 1.92. The molecule has 26 heavy (non-hydrogen) atoms. The summed E-state index contributed by atoms with van der Waals surface area (Å²) in [6.07, 6.45) is 1.21. The quantitative estimate of drug-likeness (QED) is 0.720. The first-order valence-corrected chi connectivity index (χ1v) is 9.30. The predicted octanol–water partition coefficient (Wildman–Crippen LogP) is 4.51. The second-order valence-electron chi connectivity index (χ2n) is 6.54. The summed E-state index contributed by atoms with van der Waals surface area (Å²) in [6.45, 7) is 8.49. The number of benzene rings is 2. The van der Waals surface area contributed by atoms with Gasteiger partial charge in [-0.25, -0.2) is 0 Å². The van der Waals surface area contributed by atoms with Crippen molar-refractivity contribution in [2.45, 2.75) is 59.3 Å². The van der Waals surface area contributed by atoms with Gasteiger partial charge < -0.3 is 14.8 Å². The smallest absolute Gasteiger partial charge is 0.261 e. The first kappa shape index (κ1) is 19.8. The summed E-state index contributed by atoms with van der Waals surface area (Å²) in [5.74, 6) is 1.42. The van der Waals surface area contributed by atoms with Gasteiger partial charge in [-0.15, -0.1) is 0 Å². The number of hydrogen-bond donors (Lipinski definition) is 1. The molecule has 0 radical (unpaired) electrons. The molecule has 0 aromatic heterocycles. The van der Waals surface area contributed by atoms with Crippen molar-refractivity contribution in [1.29, 1.82) is 0 Å². The van der Waals surface area contributed by atoms with E-state index in [1.54, 1.807) is 0 Å². The van der Waals surface area contributed by atoms with Gasteiger partial charge in [0.1, 0.15) is 11.5 Å². The lowest BCUT2D eigenvalue weighted by Gasteiger charge is -2.18. The van der Waals surface area contributed by atoms with E-state index in [-0.39, 0.29) is 12.0 Å².